The van der Waals surface area contributed by atoms with Gasteiger partial charge in [-0.3, -0.25) is 4.98 Å². The molecule has 1 fully saturated rings. The topological polar surface area (TPSA) is 52.0 Å². The van der Waals surface area contributed by atoms with Gasteiger partial charge in [0.2, 0.25) is 0 Å². The Morgan fingerprint density at radius 3 is 2.88 bits per heavy atom. The molecule has 2 aromatic heterocycles. The highest BCUT2D eigenvalue weighted by Crippen LogP contribution is 2.34. The number of nitrogens with two attached hydrogens (primary N) is 1. The van der Waals surface area contributed by atoms with Gasteiger partial charge in [0.15, 0.2) is 5.58 Å². The van der Waals surface area contributed by atoms with Gasteiger partial charge in [-0.1, -0.05) is 19.3 Å². The smallest absolute Gasteiger partial charge is 0.152 e. The van der Waals surface area contributed by atoms with Crippen LogP contribution in [-0.2, 0) is 5.54 Å². The van der Waals surface area contributed by atoms with Crippen LogP contribution < -0.4 is 5.73 Å². The van der Waals surface area contributed by atoms with Crippen molar-refractivity contribution in [1.82, 2.24) is 4.98 Å². The van der Waals surface area contributed by atoms with Crippen molar-refractivity contribution in [2.24, 2.45) is 5.73 Å². The van der Waals surface area contributed by atoms with E-state index in [9.17, 15) is 0 Å². The normalized spacial score (nSPS) is 20.1. The van der Waals surface area contributed by atoms with Crippen LogP contribution in [0.3, 0.4) is 0 Å². The maximum absolute atomic E-state index is 6.45. The first kappa shape index (κ1) is 9.85. The molecule has 3 nitrogen and oxygen atoms in total. The number of aromatic nitrogens is 1. The quantitative estimate of drug-likeness (QED) is 0.797. The van der Waals surface area contributed by atoms with E-state index in [-0.39, 0.29) is 5.54 Å². The molecule has 0 bridgehead atoms. The molecule has 2 heterocycles. The molecule has 3 heteroatoms. The number of pyridine rings is 1. The number of nitrogens with zero attached hydrogens (tertiary/aromatic N) is 1. The van der Waals surface area contributed by atoms with Crippen molar-refractivity contribution in [2.75, 3.05) is 0 Å². The minimum atomic E-state index is -0.219. The highest BCUT2D eigenvalue weighted by atomic mass is 16.3. The van der Waals surface area contributed by atoms with Crippen LogP contribution in [0, 0.1) is 0 Å². The Labute approximate surface area is 94.7 Å². The largest absolute Gasteiger partial charge is 0.463 e. The van der Waals surface area contributed by atoms with E-state index in [1.165, 1.54) is 19.3 Å². The zero-order valence-electron chi connectivity index (χ0n) is 9.28. The molecule has 0 radical (unpaired) electrons. The summed E-state index contributed by atoms with van der Waals surface area (Å²) < 4.78 is 5.29. The van der Waals surface area contributed by atoms with Crippen LogP contribution in [0.1, 0.15) is 37.8 Å². The number of hydrogen-bond donors (Lipinski definition) is 1. The minimum Gasteiger partial charge on any atom is -0.463 e. The molecule has 0 aromatic carbocycles. The van der Waals surface area contributed by atoms with Gasteiger partial charge in [0.25, 0.3) is 0 Å². The standard InChI is InChI=1S/C13H16N2O/c14-13(5-2-1-3-6-13)12-8-10-4-7-16-11(10)9-15-12/h4,7-9H,1-3,5-6,14H2. The summed E-state index contributed by atoms with van der Waals surface area (Å²) in [7, 11) is 0. The second kappa shape index (κ2) is 3.59. The Bertz CT molecular complexity index is 497. The Kier molecular flexibility index (Phi) is 2.21. The first-order chi connectivity index (χ1) is 7.78. The predicted octanol–water partition coefficient (Wildman–Crippen LogP) is 2.95. The van der Waals surface area contributed by atoms with Crippen LogP contribution in [-0.4, -0.2) is 4.98 Å². The van der Waals surface area contributed by atoms with Crippen LogP contribution in [0.5, 0.6) is 0 Å². The third-order valence-electron chi connectivity index (χ3n) is 3.60. The Hall–Kier alpha value is -1.35. The first-order valence-corrected chi connectivity index (χ1v) is 5.91. The van der Waals surface area contributed by atoms with Gasteiger partial charge >= 0.3 is 0 Å². The average molecular weight is 216 g/mol. The third kappa shape index (κ3) is 1.52. The van der Waals surface area contributed by atoms with Crippen molar-refractivity contribution < 1.29 is 4.42 Å². The molecule has 0 unspecified atom stereocenters. The summed E-state index contributed by atoms with van der Waals surface area (Å²) in [6.07, 6.45) is 9.29. The van der Waals surface area contributed by atoms with Crippen LogP contribution >= 0.6 is 0 Å². The van der Waals surface area contributed by atoms with Crippen LogP contribution in [0.15, 0.2) is 29.0 Å². The molecule has 0 aliphatic heterocycles. The van der Waals surface area contributed by atoms with Crippen molar-refractivity contribution in [1.29, 1.82) is 0 Å². The van der Waals surface area contributed by atoms with Crippen molar-refractivity contribution in [2.45, 2.75) is 37.6 Å². The summed E-state index contributed by atoms with van der Waals surface area (Å²) >= 11 is 0. The highest BCUT2D eigenvalue weighted by molar-refractivity contribution is 5.76. The number of hydrogen-bond acceptors (Lipinski definition) is 3. The lowest BCUT2D eigenvalue weighted by molar-refractivity contribution is 0.295. The van der Waals surface area contributed by atoms with Gasteiger partial charge in [-0.15, -0.1) is 0 Å². The van der Waals surface area contributed by atoms with Crippen molar-refractivity contribution in [3.63, 3.8) is 0 Å². The molecule has 16 heavy (non-hydrogen) atoms. The highest BCUT2D eigenvalue weighted by Gasteiger charge is 2.30. The van der Waals surface area contributed by atoms with Gasteiger partial charge in [0.1, 0.15) is 0 Å². The molecule has 0 atom stereocenters. The lowest BCUT2D eigenvalue weighted by Crippen LogP contribution is -2.39. The number of rotatable bonds is 1. The summed E-state index contributed by atoms with van der Waals surface area (Å²) in [5.74, 6) is 0. The van der Waals surface area contributed by atoms with Crippen molar-refractivity contribution >= 4 is 11.0 Å². The maximum atomic E-state index is 6.45. The molecule has 0 spiro atoms. The van der Waals surface area contributed by atoms with Gasteiger partial charge in [-0.2, -0.15) is 0 Å². The van der Waals surface area contributed by atoms with Crippen LogP contribution in [0.25, 0.3) is 11.0 Å². The summed E-state index contributed by atoms with van der Waals surface area (Å²) in [6, 6.07) is 4.04. The molecule has 2 N–H and O–H groups in total. The number of fused-ring (bicyclic) bond motifs is 1. The second-order valence-electron chi connectivity index (χ2n) is 4.74. The SMILES string of the molecule is NC1(c2cc3ccoc3cn2)CCCCC1. The predicted molar refractivity (Wildman–Crippen MR) is 63.0 cm³/mol. The fourth-order valence-electron chi connectivity index (χ4n) is 2.58. The van der Waals surface area contributed by atoms with Crippen LogP contribution in [0.2, 0.25) is 0 Å². The molecular formula is C13H16N2O. The number of furan rings is 1. The summed E-state index contributed by atoms with van der Waals surface area (Å²) in [4.78, 5) is 4.46. The van der Waals surface area contributed by atoms with Crippen molar-refractivity contribution in [3.05, 3.63) is 30.3 Å². The van der Waals surface area contributed by atoms with Crippen LogP contribution in [0.4, 0.5) is 0 Å². The Morgan fingerprint density at radius 2 is 2.06 bits per heavy atom. The maximum Gasteiger partial charge on any atom is 0.152 e. The second-order valence-corrected chi connectivity index (χ2v) is 4.74. The van der Waals surface area contributed by atoms with E-state index in [0.717, 1.165) is 29.5 Å². The van der Waals surface area contributed by atoms with E-state index in [1.54, 1.807) is 12.5 Å². The zero-order valence-corrected chi connectivity index (χ0v) is 9.28. The van der Waals surface area contributed by atoms with Gasteiger partial charge in [0, 0.05) is 5.39 Å². The lowest BCUT2D eigenvalue weighted by atomic mass is 9.80. The first-order valence-electron chi connectivity index (χ1n) is 5.91. The fraction of sp³-hybridized carbons (Fsp3) is 0.462. The van der Waals surface area contributed by atoms with Gasteiger partial charge in [-0.25, -0.2) is 0 Å². The minimum absolute atomic E-state index is 0.219. The molecular weight excluding hydrogens is 200 g/mol. The average Bonchev–Trinajstić information content (AvgIpc) is 2.77. The fourth-order valence-corrected chi connectivity index (χ4v) is 2.58. The Balaban J connectivity index is 2.03. The van der Waals surface area contributed by atoms with Gasteiger partial charge < -0.3 is 10.2 Å². The van der Waals surface area contributed by atoms with Crippen molar-refractivity contribution in [3.8, 4) is 0 Å². The van der Waals surface area contributed by atoms with E-state index < -0.39 is 0 Å². The lowest BCUT2D eigenvalue weighted by Gasteiger charge is -2.32. The molecule has 1 saturated carbocycles. The van der Waals surface area contributed by atoms with E-state index in [0.29, 0.717) is 0 Å². The Morgan fingerprint density at radius 1 is 1.25 bits per heavy atom. The monoisotopic (exact) mass is 216 g/mol. The third-order valence-corrected chi connectivity index (χ3v) is 3.60. The van der Waals surface area contributed by atoms with Gasteiger partial charge in [0.05, 0.1) is 23.7 Å². The summed E-state index contributed by atoms with van der Waals surface area (Å²) in [5.41, 5.74) is 8.08. The summed E-state index contributed by atoms with van der Waals surface area (Å²) in [6.45, 7) is 0. The molecule has 2 aromatic rings. The van der Waals surface area contributed by atoms with E-state index in [4.69, 9.17) is 10.2 Å². The van der Waals surface area contributed by atoms with Gasteiger partial charge in [-0.05, 0) is 25.0 Å². The van der Waals surface area contributed by atoms with E-state index >= 15 is 0 Å². The molecule has 3 rings (SSSR count). The van der Waals surface area contributed by atoms with E-state index in [2.05, 4.69) is 11.1 Å². The molecule has 1 aliphatic carbocycles. The molecule has 84 valence electrons. The van der Waals surface area contributed by atoms with E-state index in [1.807, 2.05) is 6.07 Å². The summed E-state index contributed by atoms with van der Waals surface area (Å²) in [5, 5.41) is 1.10. The zero-order chi connectivity index (χ0) is 11.0. The molecule has 0 amide bonds. The molecule has 1 aliphatic rings. The molecule has 0 saturated heterocycles.